The van der Waals surface area contributed by atoms with Gasteiger partial charge in [0, 0.05) is 25.6 Å². The lowest BCUT2D eigenvalue weighted by molar-refractivity contribution is -0.141. The van der Waals surface area contributed by atoms with Gasteiger partial charge in [-0.2, -0.15) is 0 Å². The number of carbonyl (C=O) groups is 3. The van der Waals surface area contributed by atoms with Gasteiger partial charge in [-0.25, -0.2) is 12.7 Å². The molecule has 0 spiro atoms. The van der Waals surface area contributed by atoms with E-state index in [9.17, 15) is 22.8 Å². The molecule has 2 aromatic carbocycles. The molecule has 1 aliphatic rings. The van der Waals surface area contributed by atoms with Crippen LogP contribution >= 0.6 is 0 Å². The molecule has 8 nitrogen and oxygen atoms in total. The Labute approximate surface area is 201 Å². The molecule has 34 heavy (non-hydrogen) atoms. The molecule has 0 saturated carbocycles. The molecule has 0 aliphatic carbocycles. The van der Waals surface area contributed by atoms with Crippen LogP contribution in [-0.4, -0.2) is 54.0 Å². The van der Waals surface area contributed by atoms with Crippen LogP contribution in [0.5, 0.6) is 0 Å². The monoisotopic (exact) mass is 485 g/mol. The first-order valence-corrected chi connectivity index (χ1v) is 12.9. The fourth-order valence-electron chi connectivity index (χ4n) is 3.93. The number of rotatable bonds is 10. The van der Waals surface area contributed by atoms with Crippen LogP contribution in [-0.2, 0) is 26.2 Å². The molecule has 3 rings (SSSR count). The summed E-state index contributed by atoms with van der Waals surface area (Å²) in [6.45, 7) is 5.60. The lowest BCUT2D eigenvalue weighted by Crippen LogP contribution is -2.51. The molecule has 1 N–H and O–H groups in total. The zero-order valence-electron chi connectivity index (χ0n) is 19.7. The van der Waals surface area contributed by atoms with Crippen molar-refractivity contribution < 1.29 is 22.8 Å². The summed E-state index contributed by atoms with van der Waals surface area (Å²) in [6.07, 6.45) is 0.927. The summed E-state index contributed by atoms with van der Waals surface area (Å²) in [5.41, 5.74) is 0.957. The van der Waals surface area contributed by atoms with E-state index < -0.39 is 27.9 Å². The van der Waals surface area contributed by atoms with E-state index in [-0.39, 0.29) is 41.9 Å². The molecule has 0 bridgehead atoms. The molecule has 0 aromatic heterocycles. The standard InChI is InChI=1S/C25H31N3O5S/c1-4-18(3)26-24(30)21(5-2)27(17-19-11-7-6-8-12-19)23(29)15-16-28-25(31)20-13-9-10-14-22(20)34(28,32)33/h6-14,18,21H,4-5,15-17H2,1-3H3,(H,26,30). The van der Waals surface area contributed by atoms with Crippen LogP contribution in [0.2, 0.25) is 0 Å². The Morgan fingerprint density at radius 3 is 2.26 bits per heavy atom. The highest BCUT2D eigenvalue weighted by Gasteiger charge is 2.41. The van der Waals surface area contributed by atoms with Gasteiger partial charge in [-0.3, -0.25) is 14.4 Å². The first-order chi connectivity index (χ1) is 16.2. The Morgan fingerprint density at radius 1 is 1.00 bits per heavy atom. The predicted molar refractivity (Wildman–Crippen MR) is 128 cm³/mol. The Kier molecular flexibility index (Phi) is 8.09. The normalized spacial score (nSPS) is 16.0. The molecule has 0 radical (unpaired) electrons. The van der Waals surface area contributed by atoms with Crippen LogP contribution in [0.25, 0.3) is 0 Å². The Morgan fingerprint density at radius 2 is 1.65 bits per heavy atom. The average molecular weight is 486 g/mol. The molecule has 9 heteroatoms. The van der Waals surface area contributed by atoms with Crippen LogP contribution in [0.4, 0.5) is 0 Å². The Balaban J connectivity index is 1.81. The quantitative estimate of drug-likeness (QED) is 0.557. The van der Waals surface area contributed by atoms with Crippen molar-refractivity contribution in [1.82, 2.24) is 14.5 Å². The average Bonchev–Trinajstić information content (AvgIpc) is 3.03. The Hall–Kier alpha value is -3.20. The summed E-state index contributed by atoms with van der Waals surface area (Å²) in [6, 6.07) is 14.6. The number of amides is 3. The fraction of sp³-hybridized carbons (Fsp3) is 0.400. The minimum absolute atomic E-state index is 0.0407. The fourth-order valence-corrected chi connectivity index (χ4v) is 5.50. The van der Waals surface area contributed by atoms with Crippen LogP contribution in [0.3, 0.4) is 0 Å². The van der Waals surface area contributed by atoms with Gasteiger partial charge in [-0.05, 0) is 37.5 Å². The van der Waals surface area contributed by atoms with E-state index in [1.807, 2.05) is 51.1 Å². The molecule has 3 amide bonds. The summed E-state index contributed by atoms with van der Waals surface area (Å²) >= 11 is 0. The van der Waals surface area contributed by atoms with Gasteiger partial charge in [0.05, 0.1) is 5.56 Å². The highest BCUT2D eigenvalue weighted by atomic mass is 32.2. The number of nitrogens with zero attached hydrogens (tertiary/aromatic N) is 2. The summed E-state index contributed by atoms with van der Waals surface area (Å²) in [4.78, 5) is 40.5. The van der Waals surface area contributed by atoms with Crippen molar-refractivity contribution in [2.75, 3.05) is 6.54 Å². The number of hydrogen-bond donors (Lipinski definition) is 1. The van der Waals surface area contributed by atoms with E-state index in [0.29, 0.717) is 6.42 Å². The van der Waals surface area contributed by atoms with Gasteiger partial charge < -0.3 is 10.2 Å². The SMILES string of the molecule is CCC(C)NC(=O)C(CC)N(Cc1ccccc1)C(=O)CCN1C(=O)c2ccccc2S1(=O)=O. The van der Waals surface area contributed by atoms with Crippen molar-refractivity contribution in [3.05, 3.63) is 65.7 Å². The van der Waals surface area contributed by atoms with Crippen molar-refractivity contribution in [3.63, 3.8) is 0 Å². The number of carbonyl (C=O) groups excluding carboxylic acids is 3. The van der Waals surface area contributed by atoms with Crippen LogP contribution < -0.4 is 5.32 Å². The van der Waals surface area contributed by atoms with Crippen LogP contribution in [0.1, 0.15) is 56.0 Å². The van der Waals surface area contributed by atoms with E-state index in [1.165, 1.54) is 17.0 Å². The molecular formula is C25H31N3O5S. The predicted octanol–water partition coefficient (Wildman–Crippen LogP) is 2.94. The zero-order chi connectivity index (χ0) is 24.9. The van der Waals surface area contributed by atoms with E-state index in [4.69, 9.17) is 0 Å². The smallest absolute Gasteiger partial charge is 0.269 e. The van der Waals surface area contributed by atoms with Crippen molar-refractivity contribution >= 4 is 27.7 Å². The van der Waals surface area contributed by atoms with Gasteiger partial charge in [0.15, 0.2) is 0 Å². The third kappa shape index (κ3) is 5.30. The van der Waals surface area contributed by atoms with Crippen LogP contribution in [0, 0.1) is 0 Å². The van der Waals surface area contributed by atoms with E-state index in [0.717, 1.165) is 16.3 Å². The topological polar surface area (TPSA) is 104 Å². The zero-order valence-corrected chi connectivity index (χ0v) is 20.5. The van der Waals surface area contributed by atoms with Crippen molar-refractivity contribution in [2.45, 2.75) is 63.6 Å². The number of benzene rings is 2. The van der Waals surface area contributed by atoms with Crippen LogP contribution in [0.15, 0.2) is 59.5 Å². The van der Waals surface area contributed by atoms with E-state index in [2.05, 4.69) is 5.32 Å². The molecular weight excluding hydrogens is 454 g/mol. The Bertz CT molecular complexity index is 1150. The third-order valence-corrected chi connectivity index (χ3v) is 7.86. The van der Waals surface area contributed by atoms with Crippen molar-refractivity contribution in [3.8, 4) is 0 Å². The van der Waals surface area contributed by atoms with Gasteiger partial charge in [0.2, 0.25) is 11.8 Å². The minimum atomic E-state index is -4.00. The maximum absolute atomic E-state index is 13.4. The van der Waals surface area contributed by atoms with Gasteiger partial charge in [0.25, 0.3) is 15.9 Å². The molecule has 2 aromatic rings. The van der Waals surface area contributed by atoms with Gasteiger partial charge in [0.1, 0.15) is 10.9 Å². The second-order valence-electron chi connectivity index (χ2n) is 8.38. The number of hydrogen-bond acceptors (Lipinski definition) is 5. The van der Waals surface area contributed by atoms with E-state index in [1.54, 1.807) is 12.1 Å². The number of sulfonamides is 1. The molecule has 2 atom stereocenters. The minimum Gasteiger partial charge on any atom is -0.352 e. The van der Waals surface area contributed by atoms with Gasteiger partial charge in [-0.15, -0.1) is 0 Å². The lowest BCUT2D eigenvalue weighted by Gasteiger charge is -2.32. The summed E-state index contributed by atoms with van der Waals surface area (Å²) in [5.74, 6) is -1.29. The summed E-state index contributed by atoms with van der Waals surface area (Å²) < 4.78 is 26.4. The van der Waals surface area contributed by atoms with Crippen molar-refractivity contribution in [1.29, 1.82) is 0 Å². The van der Waals surface area contributed by atoms with E-state index >= 15 is 0 Å². The number of nitrogens with one attached hydrogen (secondary N) is 1. The molecule has 2 unspecified atom stereocenters. The highest BCUT2D eigenvalue weighted by Crippen LogP contribution is 2.30. The molecule has 182 valence electrons. The maximum atomic E-state index is 13.4. The second-order valence-corrected chi connectivity index (χ2v) is 10.2. The third-order valence-electron chi connectivity index (χ3n) is 6.02. The summed E-state index contributed by atoms with van der Waals surface area (Å²) in [7, 11) is -4.00. The summed E-state index contributed by atoms with van der Waals surface area (Å²) in [5, 5.41) is 2.94. The van der Waals surface area contributed by atoms with Gasteiger partial charge in [-0.1, -0.05) is 56.3 Å². The first kappa shape index (κ1) is 25.4. The largest absolute Gasteiger partial charge is 0.352 e. The lowest BCUT2D eigenvalue weighted by atomic mass is 10.1. The van der Waals surface area contributed by atoms with Gasteiger partial charge >= 0.3 is 0 Å². The molecule has 1 aliphatic heterocycles. The molecule has 0 fully saturated rings. The first-order valence-electron chi connectivity index (χ1n) is 11.5. The second kappa shape index (κ2) is 10.8. The molecule has 0 saturated heterocycles. The number of fused-ring (bicyclic) bond motifs is 1. The highest BCUT2D eigenvalue weighted by molar-refractivity contribution is 7.90. The molecule has 1 heterocycles. The van der Waals surface area contributed by atoms with Crippen molar-refractivity contribution in [2.24, 2.45) is 0 Å². The maximum Gasteiger partial charge on any atom is 0.269 e.